The Morgan fingerprint density at radius 1 is 1.40 bits per heavy atom. The minimum Gasteiger partial charge on any atom is -0.372 e. The van der Waals surface area contributed by atoms with E-state index in [4.69, 9.17) is 4.74 Å². The number of rotatable bonds is 5. The van der Waals surface area contributed by atoms with Crippen molar-refractivity contribution in [3.8, 4) is 0 Å². The first kappa shape index (κ1) is 18.1. The monoisotopic (exact) mass is 347 g/mol. The summed E-state index contributed by atoms with van der Waals surface area (Å²) in [6, 6.07) is 4.07. The van der Waals surface area contributed by atoms with Crippen LogP contribution in [0, 0.1) is 0 Å². The number of ether oxygens (including phenoxy) is 1. The van der Waals surface area contributed by atoms with Crippen molar-refractivity contribution in [2.75, 3.05) is 31.1 Å². The maximum atomic E-state index is 12.7. The molecule has 2 fully saturated rings. The summed E-state index contributed by atoms with van der Waals surface area (Å²) in [5.41, 5.74) is 0. The second kappa shape index (κ2) is 8.10. The number of amides is 1. The predicted molar refractivity (Wildman–Crippen MR) is 96.5 cm³/mol. The van der Waals surface area contributed by atoms with E-state index in [-0.39, 0.29) is 24.2 Å². The molecule has 2 saturated heterocycles. The van der Waals surface area contributed by atoms with Gasteiger partial charge in [0.1, 0.15) is 0 Å². The van der Waals surface area contributed by atoms with Gasteiger partial charge in [-0.3, -0.25) is 4.79 Å². The molecule has 0 bridgehead atoms. The fourth-order valence-electron chi connectivity index (χ4n) is 3.83. The molecule has 2 aliphatic rings. The van der Waals surface area contributed by atoms with Crippen LogP contribution < -0.4 is 10.2 Å². The van der Waals surface area contributed by atoms with Gasteiger partial charge in [0.05, 0.1) is 18.2 Å². The largest absolute Gasteiger partial charge is 0.372 e. The van der Waals surface area contributed by atoms with Crippen LogP contribution in [0.1, 0.15) is 33.6 Å². The SMILES string of the molecule is CC1CN(C(=O)C(C)NCC2CCCN2c2cccnn2)CC(C)O1. The molecule has 0 aliphatic carbocycles. The highest BCUT2D eigenvalue weighted by Gasteiger charge is 2.30. The molecule has 3 heterocycles. The fourth-order valence-corrected chi connectivity index (χ4v) is 3.83. The van der Waals surface area contributed by atoms with Crippen LogP contribution in [0.4, 0.5) is 5.82 Å². The Balaban J connectivity index is 1.53. The van der Waals surface area contributed by atoms with Crippen LogP contribution in [0.15, 0.2) is 18.3 Å². The quantitative estimate of drug-likeness (QED) is 0.859. The molecule has 1 aromatic rings. The lowest BCUT2D eigenvalue weighted by Crippen LogP contribution is -2.54. The summed E-state index contributed by atoms with van der Waals surface area (Å²) in [6.45, 7) is 9.10. The Hall–Kier alpha value is -1.73. The Bertz CT molecular complexity index is 560. The summed E-state index contributed by atoms with van der Waals surface area (Å²) in [5, 5.41) is 11.6. The van der Waals surface area contributed by atoms with Gasteiger partial charge in [-0.25, -0.2) is 0 Å². The molecule has 138 valence electrons. The Morgan fingerprint density at radius 3 is 2.84 bits per heavy atom. The molecule has 0 saturated carbocycles. The molecule has 7 heteroatoms. The van der Waals surface area contributed by atoms with Crippen molar-refractivity contribution >= 4 is 11.7 Å². The zero-order valence-corrected chi connectivity index (χ0v) is 15.4. The summed E-state index contributed by atoms with van der Waals surface area (Å²) < 4.78 is 5.72. The van der Waals surface area contributed by atoms with Crippen LogP contribution in [0.2, 0.25) is 0 Å². The molecule has 4 atom stereocenters. The van der Waals surface area contributed by atoms with Crippen molar-refractivity contribution in [2.45, 2.75) is 57.9 Å². The van der Waals surface area contributed by atoms with Crippen LogP contribution in [0.3, 0.4) is 0 Å². The number of anilines is 1. The van der Waals surface area contributed by atoms with Crippen LogP contribution in [-0.2, 0) is 9.53 Å². The Morgan fingerprint density at radius 2 is 2.16 bits per heavy atom. The molecule has 2 aliphatic heterocycles. The number of nitrogens with one attached hydrogen (secondary N) is 1. The van der Waals surface area contributed by atoms with E-state index in [0.717, 1.165) is 31.7 Å². The summed E-state index contributed by atoms with van der Waals surface area (Å²) >= 11 is 0. The zero-order valence-electron chi connectivity index (χ0n) is 15.4. The summed E-state index contributed by atoms with van der Waals surface area (Å²) in [4.78, 5) is 16.9. The Labute approximate surface area is 149 Å². The molecule has 3 rings (SSSR count). The van der Waals surface area contributed by atoms with Crippen molar-refractivity contribution in [1.29, 1.82) is 0 Å². The van der Waals surface area contributed by atoms with Crippen LogP contribution in [0.25, 0.3) is 0 Å². The van der Waals surface area contributed by atoms with Crippen LogP contribution in [0.5, 0.6) is 0 Å². The number of aromatic nitrogens is 2. The number of hydrogen-bond donors (Lipinski definition) is 1. The summed E-state index contributed by atoms with van der Waals surface area (Å²) in [7, 11) is 0. The van der Waals surface area contributed by atoms with Gasteiger partial charge in [-0.15, -0.1) is 5.10 Å². The second-order valence-corrected chi connectivity index (χ2v) is 7.20. The molecule has 1 N–H and O–H groups in total. The van der Waals surface area contributed by atoms with E-state index < -0.39 is 0 Å². The van der Waals surface area contributed by atoms with E-state index in [1.165, 1.54) is 0 Å². The standard InChI is InChI=1S/C18H29N5O2/c1-13-11-22(12-14(2)25-13)18(24)15(3)19-10-16-6-5-9-23(16)17-7-4-8-20-21-17/h4,7-8,13-16,19H,5-6,9-12H2,1-3H3. The third kappa shape index (κ3) is 4.46. The molecule has 0 spiro atoms. The molecule has 7 nitrogen and oxygen atoms in total. The molecule has 4 unspecified atom stereocenters. The highest BCUT2D eigenvalue weighted by Crippen LogP contribution is 2.22. The second-order valence-electron chi connectivity index (χ2n) is 7.20. The average Bonchev–Trinajstić information content (AvgIpc) is 3.07. The van der Waals surface area contributed by atoms with Gasteiger partial charge in [0.15, 0.2) is 5.82 Å². The minimum atomic E-state index is -0.193. The Kier molecular flexibility index (Phi) is 5.86. The number of carbonyl (C=O) groups excluding carboxylic acids is 1. The third-order valence-corrected chi connectivity index (χ3v) is 4.99. The van der Waals surface area contributed by atoms with Gasteiger partial charge in [0.25, 0.3) is 0 Å². The summed E-state index contributed by atoms with van der Waals surface area (Å²) in [5.74, 6) is 1.08. The first-order valence-electron chi connectivity index (χ1n) is 9.26. The lowest BCUT2D eigenvalue weighted by Gasteiger charge is -2.37. The van der Waals surface area contributed by atoms with E-state index in [1.54, 1.807) is 6.20 Å². The van der Waals surface area contributed by atoms with Crippen molar-refractivity contribution in [3.05, 3.63) is 18.3 Å². The molecule has 0 aromatic carbocycles. The van der Waals surface area contributed by atoms with E-state index in [1.807, 2.05) is 37.8 Å². The molecular weight excluding hydrogens is 318 g/mol. The average molecular weight is 347 g/mol. The smallest absolute Gasteiger partial charge is 0.239 e. The highest BCUT2D eigenvalue weighted by molar-refractivity contribution is 5.81. The van der Waals surface area contributed by atoms with Crippen LogP contribution in [-0.4, -0.2) is 71.5 Å². The number of carbonyl (C=O) groups is 1. The zero-order chi connectivity index (χ0) is 17.8. The fraction of sp³-hybridized carbons (Fsp3) is 0.722. The third-order valence-electron chi connectivity index (χ3n) is 4.99. The molecule has 0 radical (unpaired) electrons. The minimum absolute atomic E-state index is 0.0990. The van der Waals surface area contributed by atoms with Gasteiger partial charge in [0.2, 0.25) is 5.91 Å². The normalized spacial score (nSPS) is 28.2. The number of hydrogen-bond acceptors (Lipinski definition) is 6. The highest BCUT2D eigenvalue weighted by atomic mass is 16.5. The van der Waals surface area contributed by atoms with Crippen molar-refractivity contribution in [3.63, 3.8) is 0 Å². The molecular formula is C18H29N5O2. The molecule has 1 aromatic heterocycles. The molecule has 1 amide bonds. The van der Waals surface area contributed by atoms with Gasteiger partial charge >= 0.3 is 0 Å². The maximum absolute atomic E-state index is 12.7. The summed E-state index contributed by atoms with van der Waals surface area (Å²) in [6.07, 6.45) is 4.14. The topological polar surface area (TPSA) is 70.6 Å². The van der Waals surface area contributed by atoms with Gasteiger partial charge in [-0.05, 0) is 45.7 Å². The first-order chi connectivity index (χ1) is 12.0. The maximum Gasteiger partial charge on any atom is 0.239 e. The lowest BCUT2D eigenvalue weighted by molar-refractivity contribution is -0.144. The van der Waals surface area contributed by atoms with Crippen molar-refractivity contribution < 1.29 is 9.53 Å². The van der Waals surface area contributed by atoms with Gasteiger partial charge in [0, 0.05) is 38.4 Å². The van der Waals surface area contributed by atoms with Crippen molar-refractivity contribution in [1.82, 2.24) is 20.4 Å². The van der Waals surface area contributed by atoms with Gasteiger partial charge < -0.3 is 19.9 Å². The van der Waals surface area contributed by atoms with Crippen LogP contribution >= 0.6 is 0 Å². The van der Waals surface area contributed by atoms with Gasteiger partial charge in [-0.1, -0.05) is 0 Å². The van der Waals surface area contributed by atoms with E-state index >= 15 is 0 Å². The number of morpholine rings is 1. The van der Waals surface area contributed by atoms with E-state index in [9.17, 15) is 4.79 Å². The number of nitrogens with zero attached hydrogens (tertiary/aromatic N) is 4. The van der Waals surface area contributed by atoms with E-state index in [0.29, 0.717) is 19.1 Å². The lowest BCUT2D eigenvalue weighted by atomic mass is 10.1. The van der Waals surface area contributed by atoms with E-state index in [2.05, 4.69) is 20.4 Å². The van der Waals surface area contributed by atoms with Gasteiger partial charge in [-0.2, -0.15) is 5.10 Å². The predicted octanol–water partition coefficient (Wildman–Crippen LogP) is 1.06. The first-order valence-corrected chi connectivity index (χ1v) is 9.26. The molecule has 25 heavy (non-hydrogen) atoms. The van der Waals surface area contributed by atoms with Crippen molar-refractivity contribution in [2.24, 2.45) is 0 Å².